The smallest absolute Gasteiger partial charge is 0.204 e. The third-order valence-corrected chi connectivity index (χ3v) is 5.66. The van der Waals surface area contributed by atoms with E-state index in [4.69, 9.17) is 10.7 Å². The summed E-state index contributed by atoms with van der Waals surface area (Å²) in [6.45, 7) is 6.71. The number of aromatic nitrogens is 2. The zero-order chi connectivity index (χ0) is 19.5. The highest BCUT2D eigenvalue weighted by Crippen LogP contribution is 2.25. The lowest BCUT2D eigenvalue weighted by Crippen LogP contribution is -2.46. The first kappa shape index (κ1) is 18.9. The van der Waals surface area contributed by atoms with Gasteiger partial charge in [0.25, 0.3) is 0 Å². The van der Waals surface area contributed by atoms with Gasteiger partial charge in [-0.2, -0.15) is 0 Å². The lowest BCUT2D eigenvalue weighted by Gasteiger charge is -2.37. The molecule has 1 aliphatic heterocycles. The fourth-order valence-electron chi connectivity index (χ4n) is 4.12. The monoisotopic (exact) mass is 381 g/mol. The number of rotatable bonds is 6. The van der Waals surface area contributed by atoms with Crippen molar-refractivity contribution >= 4 is 17.0 Å². The summed E-state index contributed by atoms with van der Waals surface area (Å²) in [6.07, 6.45) is 1.07. The normalized spacial score (nSPS) is 20.5. The van der Waals surface area contributed by atoms with Crippen LogP contribution < -0.4 is 11.1 Å². The molecule has 6 heteroatoms. The largest absolute Gasteiger partial charge is 0.353 e. The zero-order valence-electron chi connectivity index (χ0n) is 16.3. The van der Waals surface area contributed by atoms with Gasteiger partial charge in [0.2, 0.25) is 5.95 Å². The molecular weight excluding hydrogens is 353 g/mol. The Morgan fingerprint density at radius 3 is 2.71 bits per heavy atom. The average molecular weight is 381 g/mol. The number of benzene rings is 2. The molecule has 0 amide bonds. The number of hydrogen-bond acceptors (Lipinski definition) is 4. The van der Waals surface area contributed by atoms with Crippen LogP contribution in [0.15, 0.2) is 48.5 Å². The van der Waals surface area contributed by atoms with Crippen molar-refractivity contribution in [2.75, 3.05) is 31.5 Å². The Balaban J connectivity index is 1.59. The molecule has 0 spiro atoms. The summed E-state index contributed by atoms with van der Waals surface area (Å²) in [7, 11) is 0. The predicted octanol–water partition coefficient (Wildman–Crippen LogP) is 3.30. The van der Waals surface area contributed by atoms with E-state index in [1.807, 2.05) is 30.3 Å². The number of fused-ring (bicyclic) bond motifs is 1. The van der Waals surface area contributed by atoms with E-state index in [0.29, 0.717) is 25.0 Å². The highest BCUT2D eigenvalue weighted by molar-refractivity contribution is 5.78. The Bertz CT molecular complexity index is 920. The van der Waals surface area contributed by atoms with Gasteiger partial charge in [0.1, 0.15) is 5.82 Å². The molecule has 3 N–H and O–H groups in total. The minimum absolute atomic E-state index is 0.212. The van der Waals surface area contributed by atoms with Gasteiger partial charge in [0.05, 0.1) is 17.6 Å². The molecule has 0 saturated carbocycles. The summed E-state index contributed by atoms with van der Waals surface area (Å²) in [5.74, 6) is 1.18. The second-order valence-corrected chi connectivity index (χ2v) is 7.74. The van der Waals surface area contributed by atoms with Crippen molar-refractivity contribution in [2.45, 2.75) is 25.9 Å². The van der Waals surface area contributed by atoms with E-state index < -0.39 is 0 Å². The lowest BCUT2D eigenvalue weighted by molar-refractivity contribution is 0.175. The topological polar surface area (TPSA) is 59.1 Å². The van der Waals surface area contributed by atoms with Crippen molar-refractivity contribution in [2.24, 2.45) is 11.7 Å². The van der Waals surface area contributed by atoms with Crippen LogP contribution in [0.3, 0.4) is 0 Å². The molecule has 0 bridgehead atoms. The summed E-state index contributed by atoms with van der Waals surface area (Å²) in [5, 5.41) is 3.70. The van der Waals surface area contributed by atoms with Gasteiger partial charge in [-0.05, 0) is 42.2 Å². The molecule has 1 fully saturated rings. The number of piperidine rings is 1. The van der Waals surface area contributed by atoms with E-state index in [9.17, 15) is 4.39 Å². The highest BCUT2D eigenvalue weighted by Gasteiger charge is 2.27. The number of imidazole rings is 1. The van der Waals surface area contributed by atoms with Crippen LogP contribution in [0.5, 0.6) is 0 Å². The van der Waals surface area contributed by atoms with Crippen molar-refractivity contribution in [3.05, 3.63) is 59.9 Å². The molecule has 0 aliphatic carbocycles. The summed E-state index contributed by atoms with van der Waals surface area (Å²) in [5.41, 5.74) is 8.83. The molecule has 2 unspecified atom stereocenters. The van der Waals surface area contributed by atoms with Crippen LogP contribution in [0, 0.1) is 11.7 Å². The van der Waals surface area contributed by atoms with Crippen molar-refractivity contribution in [3.63, 3.8) is 0 Å². The molecular formula is C22H28FN5. The van der Waals surface area contributed by atoms with Crippen LogP contribution in [0.4, 0.5) is 10.3 Å². The molecule has 1 aromatic heterocycles. The third kappa shape index (κ3) is 4.03. The van der Waals surface area contributed by atoms with Crippen molar-refractivity contribution < 1.29 is 4.39 Å². The van der Waals surface area contributed by atoms with Crippen molar-refractivity contribution in [3.8, 4) is 0 Å². The number of anilines is 1. The maximum absolute atomic E-state index is 13.3. The van der Waals surface area contributed by atoms with Gasteiger partial charge in [-0.15, -0.1) is 0 Å². The fraction of sp³-hybridized carbons (Fsp3) is 0.409. The molecule has 5 nitrogen and oxygen atoms in total. The molecule has 4 rings (SSSR count). The average Bonchev–Trinajstić information content (AvgIpc) is 3.03. The Morgan fingerprint density at radius 1 is 1.18 bits per heavy atom. The van der Waals surface area contributed by atoms with E-state index in [1.54, 1.807) is 0 Å². The molecule has 2 atom stereocenters. The predicted molar refractivity (Wildman–Crippen MR) is 112 cm³/mol. The highest BCUT2D eigenvalue weighted by atomic mass is 19.1. The quantitative estimate of drug-likeness (QED) is 0.688. The van der Waals surface area contributed by atoms with E-state index >= 15 is 0 Å². The Morgan fingerprint density at radius 2 is 1.96 bits per heavy atom. The minimum Gasteiger partial charge on any atom is -0.353 e. The van der Waals surface area contributed by atoms with E-state index in [0.717, 1.165) is 48.6 Å². The van der Waals surface area contributed by atoms with Crippen LogP contribution in [0.1, 0.15) is 18.9 Å². The summed E-state index contributed by atoms with van der Waals surface area (Å²) in [4.78, 5) is 7.29. The lowest BCUT2D eigenvalue weighted by atomic mass is 9.94. The van der Waals surface area contributed by atoms with Gasteiger partial charge < -0.3 is 20.5 Å². The van der Waals surface area contributed by atoms with Gasteiger partial charge in [0.15, 0.2) is 0 Å². The summed E-state index contributed by atoms with van der Waals surface area (Å²) in [6, 6.07) is 15.2. The van der Waals surface area contributed by atoms with Crippen LogP contribution >= 0.6 is 0 Å². The summed E-state index contributed by atoms with van der Waals surface area (Å²) >= 11 is 0. The SMILES string of the molecule is CC1CN(CCN)CCC1Nc1nc2ccccc2n1Cc1ccc(F)cc1. The number of hydrogen-bond donors (Lipinski definition) is 2. The second kappa shape index (κ2) is 8.29. The van der Waals surface area contributed by atoms with Crippen molar-refractivity contribution in [1.82, 2.24) is 14.5 Å². The zero-order valence-corrected chi connectivity index (χ0v) is 16.3. The number of nitrogens with two attached hydrogens (primary N) is 1. The van der Waals surface area contributed by atoms with E-state index in [1.165, 1.54) is 12.1 Å². The molecule has 28 heavy (non-hydrogen) atoms. The number of likely N-dealkylation sites (tertiary alicyclic amines) is 1. The molecule has 1 aliphatic rings. The van der Waals surface area contributed by atoms with Gasteiger partial charge in [0, 0.05) is 32.2 Å². The number of nitrogens with zero attached hydrogens (tertiary/aromatic N) is 3. The van der Waals surface area contributed by atoms with Gasteiger partial charge in [-0.1, -0.05) is 31.2 Å². The van der Waals surface area contributed by atoms with Gasteiger partial charge in [-0.25, -0.2) is 9.37 Å². The van der Waals surface area contributed by atoms with Crippen LogP contribution in [-0.4, -0.2) is 46.7 Å². The van der Waals surface area contributed by atoms with E-state index in [-0.39, 0.29) is 5.82 Å². The number of para-hydroxylation sites is 2. The Hall–Kier alpha value is -2.44. The summed E-state index contributed by atoms with van der Waals surface area (Å²) < 4.78 is 15.5. The molecule has 3 aromatic rings. The maximum Gasteiger partial charge on any atom is 0.204 e. The van der Waals surface area contributed by atoms with Crippen LogP contribution in [0.2, 0.25) is 0 Å². The first-order chi connectivity index (χ1) is 13.6. The molecule has 2 heterocycles. The minimum atomic E-state index is -0.212. The Kier molecular flexibility index (Phi) is 5.59. The maximum atomic E-state index is 13.3. The van der Waals surface area contributed by atoms with Gasteiger partial charge in [-0.3, -0.25) is 0 Å². The van der Waals surface area contributed by atoms with Gasteiger partial charge >= 0.3 is 0 Å². The molecule has 0 radical (unpaired) electrons. The fourth-order valence-corrected chi connectivity index (χ4v) is 4.12. The first-order valence-electron chi connectivity index (χ1n) is 10.0. The van der Waals surface area contributed by atoms with Crippen molar-refractivity contribution in [1.29, 1.82) is 0 Å². The number of nitrogens with one attached hydrogen (secondary N) is 1. The standard InChI is InChI=1S/C22H28FN5/c1-16-14-27(13-11-24)12-10-19(16)25-22-26-20-4-2-3-5-21(20)28(22)15-17-6-8-18(23)9-7-17/h2-9,16,19H,10-15,24H2,1H3,(H,25,26). The molecule has 1 saturated heterocycles. The first-order valence-corrected chi connectivity index (χ1v) is 10.0. The third-order valence-electron chi connectivity index (χ3n) is 5.66. The van der Waals surface area contributed by atoms with E-state index in [2.05, 4.69) is 27.8 Å². The number of halogens is 1. The molecule has 148 valence electrons. The van der Waals surface area contributed by atoms with Crippen LogP contribution in [-0.2, 0) is 6.54 Å². The van der Waals surface area contributed by atoms with Crippen LogP contribution in [0.25, 0.3) is 11.0 Å². The Labute approximate surface area is 165 Å². The molecule has 2 aromatic carbocycles. The second-order valence-electron chi connectivity index (χ2n) is 7.74.